The summed E-state index contributed by atoms with van der Waals surface area (Å²) in [5.74, 6) is 0.493. The number of rotatable bonds is 5. The average molecular weight is 265 g/mol. The molecule has 0 aliphatic carbocycles. The summed E-state index contributed by atoms with van der Waals surface area (Å²) < 4.78 is 0. The minimum Gasteiger partial charge on any atom is -0.309 e. The van der Waals surface area contributed by atoms with Crippen molar-refractivity contribution in [2.24, 2.45) is 5.92 Å². The summed E-state index contributed by atoms with van der Waals surface area (Å²) in [5, 5.41) is 0. The third kappa shape index (κ3) is 4.07. The summed E-state index contributed by atoms with van der Waals surface area (Å²) in [5.41, 5.74) is 3.97. The minimum atomic E-state index is 0.493. The Bertz CT molecular complexity index is 540. The van der Waals surface area contributed by atoms with E-state index in [1.54, 1.807) is 0 Å². The summed E-state index contributed by atoms with van der Waals surface area (Å²) in [6, 6.07) is 21.2. The van der Waals surface area contributed by atoms with E-state index in [9.17, 15) is 0 Å². The van der Waals surface area contributed by atoms with Gasteiger partial charge in [-0.15, -0.1) is 0 Å². The first-order chi connectivity index (χ1) is 9.66. The van der Waals surface area contributed by atoms with Crippen molar-refractivity contribution in [3.8, 4) is 0 Å². The molecule has 0 spiro atoms. The van der Waals surface area contributed by atoms with Crippen LogP contribution >= 0.6 is 0 Å². The van der Waals surface area contributed by atoms with Gasteiger partial charge in [0.15, 0.2) is 0 Å². The second-order valence-corrected chi connectivity index (χ2v) is 5.54. The lowest BCUT2D eigenvalue weighted by Crippen LogP contribution is -2.20. The van der Waals surface area contributed by atoms with Gasteiger partial charge in [0, 0.05) is 6.54 Å². The van der Waals surface area contributed by atoms with Gasteiger partial charge in [0.05, 0.1) is 0 Å². The summed E-state index contributed by atoms with van der Waals surface area (Å²) in [6.45, 7) is 3.34. The molecule has 0 aliphatic heterocycles. The third-order valence-corrected chi connectivity index (χ3v) is 3.40. The molecule has 0 amide bonds. The van der Waals surface area contributed by atoms with E-state index in [0.29, 0.717) is 5.92 Å². The van der Waals surface area contributed by atoms with E-state index >= 15 is 0 Å². The van der Waals surface area contributed by atoms with Gasteiger partial charge in [-0.1, -0.05) is 73.7 Å². The van der Waals surface area contributed by atoms with Crippen LogP contribution in [0, 0.1) is 5.92 Å². The molecule has 0 aromatic heterocycles. The zero-order valence-electron chi connectivity index (χ0n) is 12.6. The second-order valence-electron chi connectivity index (χ2n) is 5.54. The van der Waals surface area contributed by atoms with E-state index in [0.717, 1.165) is 6.54 Å². The Morgan fingerprint density at radius 1 is 0.950 bits per heavy atom. The van der Waals surface area contributed by atoms with Crippen LogP contribution in [0.2, 0.25) is 0 Å². The van der Waals surface area contributed by atoms with Gasteiger partial charge >= 0.3 is 0 Å². The van der Waals surface area contributed by atoms with Crippen molar-refractivity contribution < 1.29 is 0 Å². The Morgan fingerprint density at radius 2 is 1.50 bits per heavy atom. The first-order valence-electron chi connectivity index (χ1n) is 7.13. The molecule has 2 aromatic rings. The molecule has 0 saturated carbocycles. The first kappa shape index (κ1) is 14.5. The smallest absolute Gasteiger partial charge is 0.00417 e. The Kier molecular flexibility index (Phi) is 5.14. The van der Waals surface area contributed by atoms with Crippen LogP contribution < -0.4 is 0 Å². The largest absolute Gasteiger partial charge is 0.309 e. The molecule has 0 unspecified atom stereocenters. The molecule has 2 rings (SSSR count). The van der Waals surface area contributed by atoms with Crippen molar-refractivity contribution >= 4 is 11.6 Å². The van der Waals surface area contributed by atoms with E-state index in [1.807, 2.05) is 0 Å². The number of benzene rings is 2. The molecule has 0 N–H and O–H groups in total. The van der Waals surface area contributed by atoms with Crippen molar-refractivity contribution in [1.29, 1.82) is 0 Å². The maximum Gasteiger partial charge on any atom is 0.00417 e. The van der Waals surface area contributed by atoms with Crippen molar-refractivity contribution in [3.05, 3.63) is 71.8 Å². The van der Waals surface area contributed by atoms with Crippen LogP contribution in [0.25, 0.3) is 11.6 Å². The number of hydrogen-bond acceptors (Lipinski definition) is 1. The maximum absolute atomic E-state index is 2.31. The molecule has 0 aliphatic rings. The average Bonchev–Trinajstić information content (AvgIpc) is 2.46. The quantitative estimate of drug-likeness (QED) is 0.723. The summed E-state index contributed by atoms with van der Waals surface area (Å²) in [7, 11) is 4.25. The molecular formula is C19H23N. The van der Waals surface area contributed by atoms with Crippen LogP contribution in [0.15, 0.2) is 60.7 Å². The predicted molar refractivity (Wildman–Crippen MR) is 88.5 cm³/mol. The van der Waals surface area contributed by atoms with Crippen LogP contribution in [0.3, 0.4) is 0 Å². The van der Waals surface area contributed by atoms with Gasteiger partial charge < -0.3 is 4.90 Å². The molecule has 20 heavy (non-hydrogen) atoms. The van der Waals surface area contributed by atoms with Crippen LogP contribution in [-0.4, -0.2) is 25.5 Å². The summed E-state index contributed by atoms with van der Waals surface area (Å²) in [4.78, 5) is 2.24. The molecule has 0 saturated heterocycles. The van der Waals surface area contributed by atoms with Gasteiger partial charge in [0.2, 0.25) is 0 Å². The lowest BCUT2D eigenvalue weighted by atomic mass is 9.91. The Labute approximate surface area is 122 Å². The first-order valence-corrected chi connectivity index (χ1v) is 7.13. The van der Waals surface area contributed by atoms with Gasteiger partial charge in [-0.05, 0) is 36.7 Å². The SMILES string of the molecule is C[C@H](CN(C)C)/C(=C\c1ccccc1)c1ccccc1. The number of hydrogen-bond donors (Lipinski definition) is 0. The van der Waals surface area contributed by atoms with E-state index in [-0.39, 0.29) is 0 Å². The van der Waals surface area contributed by atoms with Crippen molar-refractivity contribution in [3.63, 3.8) is 0 Å². The zero-order valence-corrected chi connectivity index (χ0v) is 12.6. The normalized spacial score (nSPS) is 13.5. The Hall–Kier alpha value is -1.86. The highest BCUT2D eigenvalue weighted by Gasteiger charge is 2.12. The van der Waals surface area contributed by atoms with Gasteiger partial charge in [-0.3, -0.25) is 0 Å². The predicted octanol–water partition coefficient (Wildman–Crippen LogP) is 4.42. The minimum absolute atomic E-state index is 0.493. The molecule has 1 atom stereocenters. The molecule has 0 bridgehead atoms. The van der Waals surface area contributed by atoms with E-state index < -0.39 is 0 Å². The third-order valence-electron chi connectivity index (χ3n) is 3.40. The summed E-state index contributed by atoms with van der Waals surface area (Å²) in [6.07, 6.45) is 2.31. The van der Waals surface area contributed by atoms with Crippen molar-refractivity contribution in [2.75, 3.05) is 20.6 Å². The standard InChI is InChI=1S/C19H23N/c1-16(15-20(2)3)19(18-12-8-5-9-13-18)14-17-10-6-4-7-11-17/h4-14,16H,15H2,1-3H3/b19-14+/t16-/m1/s1. The topological polar surface area (TPSA) is 3.24 Å². The van der Waals surface area contributed by atoms with Gasteiger partial charge in [0.1, 0.15) is 0 Å². The molecule has 104 valence electrons. The van der Waals surface area contributed by atoms with Gasteiger partial charge in [-0.2, -0.15) is 0 Å². The van der Waals surface area contributed by atoms with E-state index in [1.165, 1.54) is 16.7 Å². The fourth-order valence-corrected chi connectivity index (χ4v) is 2.52. The van der Waals surface area contributed by atoms with Crippen LogP contribution in [0.5, 0.6) is 0 Å². The van der Waals surface area contributed by atoms with Gasteiger partial charge in [-0.25, -0.2) is 0 Å². The highest BCUT2D eigenvalue weighted by molar-refractivity contribution is 5.82. The Morgan fingerprint density at radius 3 is 2.05 bits per heavy atom. The van der Waals surface area contributed by atoms with Crippen LogP contribution in [0.1, 0.15) is 18.1 Å². The second kappa shape index (κ2) is 7.06. The maximum atomic E-state index is 2.31. The lowest BCUT2D eigenvalue weighted by molar-refractivity contribution is 0.376. The molecule has 1 heteroatoms. The summed E-state index contributed by atoms with van der Waals surface area (Å²) >= 11 is 0. The fourth-order valence-electron chi connectivity index (χ4n) is 2.52. The molecule has 0 heterocycles. The number of nitrogens with zero attached hydrogens (tertiary/aromatic N) is 1. The molecule has 1 nitrogen and oxygen atoms in total. The monoisotopic (exact) mass is 265 g/mol. The molecule has 0 radical (unpaired) electrons. The molecule has 2 aromatic carbocycles. The lowest BCUT2D eigenvalue weighted by Gasteiger charge is -2.20. The van der Waals surface area contributed by atoms with E-state index in [2.05, 4.69) is 92.7 Å². The van der Waals surface area contributed by atoms with Crippen molar-refractivity contribution in [1.82, 2.24) is 4.90 Å². The fraction of sp³-hybridized carbons (Fsp3) is 0.263. The molecular weight excluding hydrogens is 242 g/mol. The van der Waals surface area contributed by atoms with Gasteiger partial charge in [0.25, 0.3) is 0 Å². The van der Waals surface area contributed by atoms with Crippen LogP contribution in [0.4, 0.5) is 0 Å². The van der Waals surface area contributed by atoms with Crippen molar-refractivity contribution in [2.45, 2.75) is 6.92 Å². The zero-order chi connectivity index (χ0) is 14.4. The highest BCUT2D eigenvalue weighted by atomic mass is 15.1. The highest BCUT2D eigenvalue weighted by Crippen LogP contribution is 2.26. The molecule has 0 fully saturated rings. The van der Waals surface area contributed by atoms with E-state index in [4.69, 9.17) is 0 Å². The Balaban J connectivity index is 2.37. The van der Waals surface area contributed by atoms with Crippen LogP contribution in [-0.2, 0) is 0 Å².